The first-order valence-electron chi connectivity index (χ1n) is 9.54. The van der Waals surface area contributed by atoms with Crippen LogP contribution in [0.15, 0.2) is 67.1 Å². The number of nitrogens with zero attached hydrogens (tertiary/aromatic N) is 3. The molecule has 0 bridgehead atoms. The minimum Gasteiger partial charge on any atom is -0.454 e. The Morgan fingerprint density at radius 3 is 2.69 bits per heavy atom. The van der Waals surface area contributed by atoms with Crippen LogP contribution in [0.2, 0.25) is 5.02 Å². The highest BCUT2D eigenvalue weighted by Gasteiger charge is 2.27. The number of anilines is 2. The predicted octanol–water partition coefficient (Wildman–Crippen LogP) is 4.78. The number of aromatic nitrogens is 2. The number of carbonyl (C=O) groups is 1. The highest BCUT2D eigenvalue weighted by Crippen LogP contribution is 2.34. The molecule has 1 amide bonds. The van der Waals surface area contributed by atoms with E-state index in [-0.39, 0.29) is 11.8 Å². The third kappa shape index (κ3) is 4.66. The molecule has 7 heteroatoms. The second kappa shape index (κ2) is 8.92. The summed E-state index contributed by atoms with van der Waals surface area (Å²) >= 11 is 6.20. The summed E-state index contributed by atoms with van der Waals surface area (Å²) in [5.74, 6) is 1.72. The largest absolute Gasteiger partial charge is 0.454 e. The average Bonchev–Trinajstić information content (AvgIpc) is 2.77. The molecule has 29 heavy (non-hydrogen) atoms. The third-order valence-corrected chi connectivity index (χ3v) is 5.18. The molecule has 1 N–H and O–H groups in total. The number of benzene rings is 2. The summed E-state index contributed by atoms with van der Waals surface area (Å²) < 4.78 is 5.94. The lowest BCUT2D eigenvalue weighted by Gasteiger charge is -2.32. The van der Waals surface area contributed by atoms with Crippen LogP contribution in [0.25, 0.3) is 0 Å². The van der Waals surface area contributed by atoms with Crippen molar-refractivity contribution in [1.82, 2.24) is 9.97 Å². The van der Waals surface area contributed by atoms with Crippen LogP contribution in [0, 0.1) is 5.92 Å². The maximum Gasteiger partial charge on any atom is 0.229 e. The highest BCUT2D eigenvalue weighted by molar-refractivity contribution is 6.32. The van der Waals surface area contributed by atoms with Gasteiger partial charge in [-0.3, -0.25) is 9.78 Å². The molecular formula is C22H21ClN4O2. The van der Waals surface area contributed by atoms with E-state index in [9.17, 15) is 4.79 Å². The summed E-state index contributed by atoms with van der Waals surface area (Å²) in [5.41, 5.74) is 0.619. The molecule has 1 saturated heterocycles. The Bertz CT molecular complexity index is 983. The molecule has 1 fully saturated rings. The van der Waals surface area contributed by atoms with Gasteiger partial charge in [-0.2, -0.15) is 0 Å². The van der Waals surface area contributed by atoms with Crippen molar-refractivity contribution in [2.24, 2.45) is 5.92 Å². The van der Waals surface area contributed by atoms with Gasteiger partial charge in [0.05, 0.1) is 22.8 Å². The fourth-order valence-corrected chi connectivity index (χ4v) is 3.57. The zero-order valence-corrected chi connectivity index (χ0v) is 16.5. The van der Waals surface area contributed by atoms with Crippen molar-refractivity contribution >= 4 is 29.0 Å². The van der Waals surface area contributed by atoms with Crippen molar-refractivity contribution in [3.63, 3.8) is 0 Å². The van der Waals surface area contributed by atoms with E-state index in [1.54, 1.807) is 30.7 Å². The standard InChI is InChI=1S/C22H21ClN4O2/c23-17-7-1-3-9-19(17)29-20-10-4-2-8-18(20)26-22(28)16-6-5-13-27(15-16)21-14-24-11-12-25-21/h1-4,7-12,14,16H,5-6,13,15H2,(H,26,28). The number of halogens is 1. The van der Waals surface area contributed by atoms with E-state index in [1.165, 1.54) is 0 Å². The summed E-state index contributed by atoms with van der Waals surface area (Å²) in [6.07, 6.45) is 6.80. The van der Waals surface area contributed by atoms with E-state index in [2.05, 4.69) is 20.2 Å². The highest BCUT2D eigenvalue weighted by atomic mass is 35.5. The van der Waals surface area contributed by atoms with Crippen LogP contribution in [0.5, 0.6) is 11.5 Å². The number of hydrogen-bond donors (Lipinski definition) is 1. The molecular weight excluding hydrogens is 388 g/mol. The molecule has 0 aliphatic carbocycles. The summed E-state index contributed by atoms with van der Waals surface area (Å²) in [6.45, 7) is 1.48. The second-order valence-corrected chi connectivity index (χ2v) is 7.27. The maximum absolute atomic E-state index is 13.0. The van der Waals surface area contributed by atoms with Crippen LogP contribution in [0.3, 0.4) is 0 Å². The summed E-state index contributed by atoms with van der Waals surface area (Å²) in [7, 11) is 0. The number of para-hydroxylation sites is 3. The molecule has 3 aromatic rings. The Kier molecular flexibility index (Phi) is 5.91. The number of rotatable bonds is 5. The molecule has 0 spiro atoms. The van der Waals surface area contributed by atoms with Crippen molar-refractivity contribution in [2.45, 2.75) is 12.8 Å². The van der Waals surface area contributed by atoms with Gasteiger partial charge in [0.1, 0.15) is 11.6 Å². The van der Waals surface area contributed by atoms with Gasteiger partial charge in [-0.15, -0.1) is 0 Å². The lowest BCUT2D eigenvalue weighted by Crippen LogP contribution is -2.41. The normalized spacial score (nSPS) is 16.3. The Hall–Kier alpha value is -3.12. The lowest BCUT2D eigenvalue weighted by molar-refractivity contribution is -0.120. The molecule has 4 rings (SSSR count). The second-order valence-electron chi connectivity index (χ2n) is 6.87. The van der Waals surface area contributed by atoms with Gasteiger partial charge in [0.15, 0.2) is 5.75 Å². The van der Waals surface area contributed by atoms with Gasteiger partial charge in [-0.25, -0.2) is 4.98 Å². The van der Waals surface area contributed by atoms with E-state index in [4.69, 9.17) is 16.3 Å². The van der Waals surface area contributed by atoms with Gasteiger partial charge in [-0.1, -0.05) is 35.9 Å². The first kappa shape index (κ1) is 19.2. The average molecular weight is 409 g/mol. The molecule has 6 nitrogen and oxygen atoms in total. The minimum absolute atomic E-state index is 0.0335. The summed E-state index contributed by atoms with van der Waals surface area (Å²) in [4.78, 5) is 23.5. The third-order valence-electron chi connectivity index (χ3n) is 4.87. The quantitative estimate of drug-likeness (QED) is 0.658. The predicted molar refractivity (Wildman–Crippen MR) is 114 cm³/mol. The number of ether oxygens (including phenoxy) is 1. The monoisotopic (exact) mass is 408 g/mol. The zero-order valence-electron chi connectivity index (χ0n) is 15.8. The van der Waals surface area contributed by atoms with Crippen LogP contribution >= 0.6 is 11.6 Å². The number of nitrogens with one attached hydrogen (secondary N) is 1. The number of hydrogen-bond acceptors (Lipinski definition) is 5. The van der Waals surface area contributed by atoms with Gasteiger partial charge in [-0.05, 0) is 37.1 Å². The zero-order chi connectivity index (χ0) is 20.1. The van der Waals surface area contributed by atoms with Crippen LogP contribution in [0.4, 0.5) is 11.5 Å². The van der Waals surface area contributed by atoms with Crippen molar-refractivity contribution in [2.75, 3.05) is 23.3 Å². The molecule has 1 atom stereocenters. The van der Waals surface area contributed by atoms with E-state index in [0.29, 0.717) is 28.8 Å². The number of carbonyl (C=O) groups excluding carboxylic acids is 1. The number of piperidine rings is 1. The topological polar surface area (TPSA) is 67.3 Å². The van der Waals surface area contributed by atoms with Crippen molar-refractivity contribution in [3.05, 3.63) is 72.1 Å². The summed E-state index contributed by atoms with van der Waals surface area (Å²) in [5, 5.41) is 3.54. The maximum atomic E-state index is 13.0. The van der Waals surface area contributed by atoms with Crippen molar-refractivity contribution < 1.29 is 9.53 Å². The Balaban J connectivity index is 1.46. The Labute approximate surface area is 174 Å². The summed E-state index contributed by atoms with van der Waals surface area (Å²) in [6, 6.07) is 14.6. The Morgan fingerprint density at radius 1 is 1.10 bits per heavy atom. The van der Waals surface area contributed by atoms with E-state index >= 15 is 0 Å². The molecule has 1 aliphatic rings. The molecule has 0 saturated carbocycles. The smallest absolute Gasteiger partial charge is 0.229 e. The van der Waals surface area contributed by atoms with Crippen molar-refractivity contribution in [1.29, 1.82) is 0 Å². The van der Waals surface area contributed by atoms with Crippen LogP contribution in [-0.2, 0) is 4.79 Å². The van der Waals surface area contributed by atoms with Crippen molar-refractivity contribution in [3.8, 4) is 11.5 Å². The first-order valence-corrected chi connectivity index (χ1v) is 9.92. The van der Waals surface area contributed by atoms with E-state index < -0.39 is 0 Å². The molecule has 2 heterocycles. The molecule has 1 aliphatic heterocycles. The minimum atomic E-state index is -0.140. The lowest BCUT2D eigenvalue weighted by atomic mass is 9.97. The molecule has 1 aromatic heterocycles. The van der Waals surface area contributed by atoms with E-state index in [0.717, 1.165) is 25.2 Å². The first-order chi connectivity index (χ1) is 14.2. The van der Waals surface area contributed by atoms with Gasteiger partial charge in [0.2, 0.25) is 5.91 Å². The number of amides is 1. The van der Waals surface area contributed by atoms with Crippen LogP contribution in [0.1, 0.15) is 12.8 Å². The fraction of sp³-hybridized carbons (Fsp3) is 0.227. The Morgan fingerprint density at radius 2 is 1.90 bits per heavy atom. The van der Waals surface area contributed by atoms with E-state index in [1.807, 2.05) is 36.4 Å². The van der Waals surface area contributed by atoms with Gasteiger partial charge in [0.25, 0.3) is 0 Å². The molecule has 0 radical (unpaired) electrons. The van der Waals surface area contributed by atoms with Crippen LogP contribution in [-0.4, -0.2) is 29.0 Å². The molecule has 148 valence electrons. The van der Waals surface area contributed by atoms with Gasteiger partial charge < -0.3 is 15.0 Å². The molecule has 2 aromatic carbocycles. The van der Waals surface area contributed by atoms with Gasteiger partial charge in [0, 0.05) is 25.5 Å². The van der Waals surface area contributed by atoms with Crippen LogP contribution < -0.4 is 15.0 Å². The van der Waals surface area contributed by atoms with Gasteiger partial charge >= 0.3 is 0 Å². The SMILES string of the molecule is O=C(Nc1ccccc1Oc1ccccc1Cl)C1CCCN(c2cnccn2)C1. The fourth-order valence-electron chi connectivity index (χ4n) is 3.39. The molecule has 1 unspecified atom stereocenters.